The van der Waals surface area contributed by atoms with Gasteiger partial charge in [0.25, 0.3) is 0 Å². The van der Waals surface area contributed by atoms with Gasteiger partial charge in [-0.25, -0.2) is 0 Å². The molecular weight excluding hydrogens is 438 g/mol. The van der Waals surface area contributed by atoms with Crippen LogP contribution in [0.15, 0.2) is 81.7 Å². The largest absolute Gasteiger partial charge is 0.147 e. The Balaban J connectivity index is 0.00000121. The van der Waals surface area contributed by atoms with E-state index < -0.39 is 19.8 Å². The summed E-state index contributed by atoms with van der Waals surface area (Å²) in [6.07, 6.45) is 10.8. The summed E-state index contributed by atoms with van der Waals surface area (Å²) in [6, 6.07) is 19.9. The molecule has 0 spiro atoms. The first-order valence-electron chi connectivity index (χ1n) is 8.73. The maximum Gasteiger partial charge on any atom is -0.147 e. The number of hydrogen-bond donors (Lipinski definition) is 0. The van der Waals surface area contributed by atoms with E-state index in [9.17, 15) is 0 Å². The average Bonchev–Trinajstić information content (AvgIpc) is 3.22. The summed E-state index contributed by atoms with van der Waals surface area (Å²) >= 11 is -2.74. The monoisotopic (exact) mass is 461 g/mol. The minimum absolute atomic E-state index is 0. The van der Waals surface area contributed by atoms with Crippen LogP contribution in [-0.4, -0.2) is 3.71 Å². The minimum Gasteiger partial charge on any atom is -0.147 e. The van der Waals surface area contributed by atoms with E-state index >= 15 is 0 Å². The van der Waals surface area contributed by atoms with Crippen LogP contribution in [-0.2, 0) is 19.8 Å². The molecule has 2 unspecified atom stereocenters. The van der Waals surface area contributed by atoms with E-state index in [1.807, 2.05) is 0 Å². The van der Waals surface area contributed by atoms with Gasteiger partial charge in [-0.05, 0) is 0 Å². The van der Waals surface area contributed by atoms with Crippen LogP contribution in [0.2, 0.25) is 4.63 Å². The Labute approximate surface area is 173 Å². The van der Waals surface area contributed by atoms with Crippen LogP contribution in [0.3, 0.4) is 0 Å². The van der Waals surface area contributed by atoms with E-state index in [1.54, 1.807) is 3.28 Å². The van der Waals surface area contributed by atoms with Gasteiger partial charge in [0, 0.05) is 0 Å². The number of benzene rings is 2. The average molecular weight is 464 g/mol. The maximum absolute atomic E-state index is 2.74. The molecule has 0 radical (unpaired) electrons. The summed E-state index contributed by atoms with van der Waals surface area (Å²) in [5.41, 5.74) is 5.77. The molecule has 2 atom stereocenters. The van der Waals surface area contributed by atoms with Crippen LogP contribution in [0.1, 0.15) is 33.7 Å². The Kier molecular flexibility index (Phi) is 7.20. The molecule has 0 aliphatic heterocycles. The van der Waals surface area contributed by atoms with Crippen molar-refractivity contribution in [1.29, 1.82) is 0 Å². The van der Waals surface area contributed by atoms with Crippen LogP contribution >= 0.6 is 24.8 Å². The SMILES string of the molecule is CC1=CC[C]([Zr]([CH3])(=[CH]c2ccccc2)[CH]2C=Cc3ccccc32)=C1.Cl.Cl. The van der Waals surface area contributed by atoms with Crippen molar-refractivity contribution in [2.24, 2.45) is 0 Å². The van der Waals surface area contributed by atoms with Crippen molar-refractivity contribution in [3.8, 4) is 0 Å². The summed E-state index contributed by atoms with van der Waals surface area (Å²) < 4.78 is 7.60. The number of halogens is 2. The maximum atomic E-state index is 2.67. The van der Waals surface area contributed by atoms with Crippen molar-refractivity contribution < 1.29 is 19.8 Å². The first kappa shape index (κ1) is 21.3. The molecule has 0 saturated carbocycles. The predicted octanol–water partition coefficient (Wildman–Crippen LogP) is 6.88. The molecule has 0 saturated heterocycles. The Bertz CT molecular complexity index is 920. The Morgan fingerprint density at radius 2 is 1.65 bits per heavy atom. The van der Waals surface area contributed by atoms with Gasteiger partial charge < -0.3 is 0 Å². The molecule has 0 aromatic heterocycles. The van der Waals surface area contributed by atoms with Gasteiger partial charge in [0.05, 0.1) is 0 Å². The molecule has 0 fully saturated rings. The van der Waals surface area contributed by atoms with Crippen molar-refractivity contribution in [3.63, 3.8) is 0 Å². The third-order valence-corrected chi connectivity index (χ3v) is 16.4. The summed E-state index contributed by atoms with van der Waals surface area (Å²) in [4.78, 5) is 0. The third-order valence-electron chi connectivity index (χ3n) is 5.45. The van der Waals surface area contributed by atoms with Gasteiger partial charge in [0.15, 0.2) is 0 Å². The van der Waals surface area contributed by atoms with Crippen molar-refractivity contribution >= 4 is 34.6 Å². The van der Waals surface area contributed by atoms with Gasteiger partial charge in [-0.1, -0.05) is 0 Å². The normalized spacial score (nSPS) is 19.4. The van der Waals surface area contributed by atoms with Crippen LogP contribution in [0.4, 0.5) is 0 Å². The fourth-order valence-electron chi connectivity index (χ4n) is 4.09. The van der Waals surface area contributed by atoms with Gasteiger partial charge in [0.1, 0.15) is 0 Å². The second-order valence-corrected chi connectivity index (χ2v) is 17.2. The van der Waals surface area contributed by atoms with E-state index in [4.69, 9.17) is 0 Å². The molecule has 0 heterocycles. The topological polar surface area (TPSA) is 0 Å². The molecule has 2 aromatic rings. The molecule has 3 heteroatoms. The zero-order chi connectivity index (χ0) is 16.6. The molecule has 4 rings (SSSR count). The molecule has 135 valence electrons. The van der Waals surface area contributed by atoms with Crippen LogP contribution < -0.4 is 0 Å². The fourth-order valence-corrected chi connectivity index (χ4v) is 14.3. The van der Waals surface area contributed by atoms with E-state index in [2.05, 4.69) is 94.2 Å². The minimum atomic E-state index is -2.74. The Hall–Kier alpha value is -1.01. The van der Waals surface area contributed by atoms with Gasteiger partial charge in [-0.15, -0.1) is 24.8 Å². The summed E-state index contributed by atoms with van der Waals surface area (Å²) in [6.45, 7) is 2.24. The number of fused-ring (bicyclic) bond motifs is 1. The Morgan fingerprint density at radius 1 is 0.962 bits per heavy atom. The van der Waals surface area contributed by atoms with Gasteiger partial charge in [-0.2, -0.15) is 0 Å². The second kappa shape index (κ2) is 8.79. The molecule has 2 aromatic carbocycles. The van der Waals surface area contributed by atoms with Crippen molar-refractivity contribution in [1.82, 2.24) is 0 Å². The number of hydrogen-bond acceptors (Lipinski definition) is 0. The van der Waals surface area contributed by atoms with Crippen molar-refractivity contribution in [2.45, 2.75) is 21.6 Å². The van der Waals surface area contributed by atoms with Gasteiger partial charge >= 0.3 is 150 Å². The van der Waals surface area contributed by atoms with Crippen LogP contribution in [0.25, 0.3) is 6.08 Å². The molecule has 2 aliphatic carbocycles. The van der Waals surface area contributed by atoms with E-state index in [-0.39, 0.29) is 24.8 Å². The zero-order valence-electron chi connectivity index (χ0n) is 15.2. The Morgan fingerprint density at radius 3 is 2.35 bits per heavy atom. The van der Waals surface area contributed by atoms with Crippen LogP contribution in [0, 0.1) is 0 Å². The quantitative estimate of drug-likeness (QED) is 0.465. The summed E-state index contributed by atoms with van der Waals surface area (Å²) in [7, 11) is 0. The summed E-state index contributed by atoms with van der Waals surface area (Å²) in [5, 5.41) is 0. The first-order chi connectivity index (χ1) is 11.7. The molecular formula is C23H25Cl2Zr. The van der Waals surface area contributed by atoms with Crippen LogP contribution in [0.5, 0.6) is 0 Å². The summed E-state index contributed by atoms with van der Waals surface area (Å²) in [5.74, 6) is 0. The molecule has 0 nitrogen and oxygen atoms in total. The number of allylic oxidation sites excluding steroid dienone is 5. The fraction of sp³-hybridized carbons (Fsp3) is 0.174. The number of rotatable bonds is 3. The van der Waals surface area contributed by atoms with Crippen molar-refractivity contribution in [2.75, 3.05) is 0 Å². The smallest absolute Gasteiger partial charge is 0.147 e. The predicted molar refractivity (Wildman–Crippen MR) is 117 cm³/mol. The van der Waals surface area contributed by atoms with Gasteiger partial charge in [-0.3, -0.25) is 0 Å². The molecule has 2 aliphatic rings. The van der Waals surface area contributed by atoms with E-state index in [1.165, 1.54) is 22.3 Å². The standard InChI is InChI=1S/C9H7.C7H6.C6H7.CH3.2ClH.Zr/c1-2-5-9-7-3-6-8(9)4-1;1-7-5-3-2-4-6-7;1-6-4-2-3-5-6;;;;/h1-7H;1-6H;4-5H,2H2,1H3;1H3;2*1H;. The van der Waals surface area contributed by atoms with Crippen molar-refractivity contribution in [3.05, 3.63) is 98.4 Å². The zero-order valence-corrected chi connectivity index (χ0v) is 19.3. The van der Waals surface area contributed by atoms with E-state index in [0.717, 1.165) is 6.42 Å². The first-order valence-corrected chi connectivity index (χ1v) is 15.3. The van der Waals surface area contributed by atoms with E-state index in [0.29, 0.717) is 3.63 Å². The molecule has 0 bridgehead atoms. The second-order valence-electron chi connectivity index (χ2n) is 7.13. The molecule has 0 amide bonds. The molecule has 0 N–H and O–H groups in total. The third kappa shape index (κ3) is 3.96. The molecule has 26 heavy (non-hydrogen) atoms. The van der Waals surface area contributed by atoms with Gasteiger partial charge in [0.2, 0.25) is 0 Å².